The van der Waals surface area contributed by atoms with Crippen LogP contribution < -0.4 is 10.2 Å². The molecule has 0 aliphatic heterocycles. The molecular weight excluding hydrogens is 320 g/mol. The zero-order valence-electron chi connectivity index (χ0n) is 15.4. The molecule has 0 aromatic carbocycles. The molecule has 0 aromatic rings. The molecule has 0 radical (unpaired) electrons. The lowest BCUT2D eigenvalue weighted by Gasteiger charge is -2.59. The van der Waals surface area contributed by atoms with E-state index < -0.39 is 0 Å². The van der Waals surface area contributed by atoms with E-state index in [0.29, 0.717) is 17.7 Å². The Morgan fingerprint density at radius 2 is 1.71 bits per heavy atom. The van der Waals surface area contributed by atoms with E-state index in [-0.39, 0.29) is 15.8 Å². The van der Waals surface area contributed by atoms with Gasteiger partial charge in [0.2, 0.25) is 5.91 Å². The Balaban J connectivity index is 1.46. The van der Waals surface area contributed by atoms with Gasteiger partial charge in [-0.25, -0.2) is 0 Å². The van der Waals surface area contributed by atoms with E-state index in [4.69, 9.17) is 11.6 Å². The first-order chi connectivity index (χ1) is 11.3. The Morgan fingerprint density at radius 1 is 1.08 bits per heavy atom. The van der Waals surface area contributed by atoms with E-state index >= 15 is 0 Å². The number of hydrogen-bond donors (Lipinski definition) is 2. The van der Waals surface area contributed by atoms with Gasteiger partial charge in [-0.3, -0.25) is 4.79 Å². The summed E-state index contributed by atoms with van der Waals surface area (Å²) < 4.78 is 0. The van der Waals surface area contributed by atoms with E-state index in [0.717, 1.165) is 38.6 Å². The van der Waals surface area contributed by atoms with Crippen molar-refractivity contribution < 1.29 is 9.69 Å². The van der Waals surface area contributed by atoms with Crippen molar-refractivity contribution in [3.8, 4) is 0 Å². The number of quaternary nitrogens is 1. The lowest BCUT2D eigenvalue weighted by atomic mass is 9.49. The summed E-state index contributed by atoms with van der Waals surface area (Å²) in [6, 6.07) is 0. The van der Waals surface area contributed by atoms with Gasteiger partial charge in [0.1, 0.15) is 5.54 Å². The molecule has 1 amide bonds. The highest BCUT2D eigenvalue weighted by atomic mass is 35.5. The summed E-state index contributed by atoms with van der Waals surface area (Å²) in [6.07, 6.45) is 13.2. The predicted octanol–water partition coefficient (Wildman–Crippen LogP) is 2.53. The van der Waals surface area contributed by atoms with Gasteiger partial charge in [-0.15, -0.1) is 11.6 Å². The summed E-state index contributed by atoms with van der Waals surface area (Å²) in [6.45, 7) is 0.848. The standard InChI is InChI=1S/C20H33ClN2O/c1-23(2)20(6-4-3-5-7-20)14-22-17(24)18-9-15-8-16(10-18)12-19(21,11-15)13-18/h15-16H,3-14H2,1-2H3,(H,22,24)/p+1/t15-,16+,18?,19?. The third kappa shape index (κ3) is 2.80. The first kappa shape index (κ1) is 17.1. The van der Waals surface area contributed by atoms with Crippen LogP contribution in [0.4, 0.5) is 0 Å². The summed E-state index contributed by atoms with van der Waals surface area (Å²) in [5.41, 5.74) is 0.0954. The Bertz CT molecular complexity index is 498. The van der Waals surface area contributed by atoms with Crippen molar-refractivity contribution in [1.29, 1.82) is 0 Å². The van der Waals surface area contributed by atoms with Crippen molar-refractivity contribution >= 4 is 17.5 Å². The lowest BCUT2D eigenvalue weighted by Crippen LogP contribution is -3.16. The average Bonchev–Trinajstić information content (AvgIpc) is 2.51. The minimum atomic E-state index is -0.149. The van der Waals surface area contributed by atoms with Crippen molar-refractivity contribution in [2.75, 3.05) is 20.6 Å². The van der Waals surface area contributed by atoms with Crippen molar-refractivity contribution in [2.24, 2.45) is 17.3 Å². The van der Waals surface area contributed by atoms with Crippen LogP contribution >= 0.6 is 11.6 Å². The number of halogens is 1. The Hall–Kier alpha value is -0.280. The molecule has 5 aliphatic carbocycles. The third-order valence-corrected chi connectivity index (χ3v) is 8.37. The van der Waals surface area contributed by atoms with Gasteiger partial charge in [0.25, 0.3) is 0 Å². The SMILES string of the molecule is C[NH+](C)C1(CNC(=O)C23C[C@@H]4C[C@@H](CC(Cl)(C4)C2)C3)CCCCC1. The molecular formula is C20H34ClN2O+. The van der Waals surface area contributed by atoms with Crippen molar-refractivity contribution in [1.82, 2.24) is 5.32 Å². The number of hydrogen-bond acceptors (Lipinski definition) is 1. The maximum absolute atomic E-state index is 13.3. The maximum Gasteiger partial charge on any atom is 0.226 e. The van der Waals surface area contributed by atoms with Crippen LogP contribution in [0.2, 0.25) is 0 Å². The second-order valence-corrected chi connectivity index (χ2v) is 10.7. The molecule has 2 unspecified atom stereocenters. The van der Waals surface area contributed by atoms with E-state index in [1.165, 1.54) is 43.4 Å². The zero-order chi connectivity index (χ0) is 17.0. The molecule has 0 spiro atoms. The largest absolute Gasteiger partial charge is 0.349 e. The summed E-state index contributed by atoms with van der Waals surface area (Å²) in [4.78, 5) is 14.7. The molecule has 4 heteroatoms. The highest BCUT2D eigenvalue weighted by molar-refractivity contribution is 6.24. The fourth-order valence-corrected chi connectivity index (χ4v) is 7.63. The molecule has 0 saturated heterocycles. The molecule has 4 bridgehead atoms. The molecule has 5 aliphatic rings. The Labute approximate surface area is 151 Å². The normalized spacial score (nSPS) is 43.2. The zero-order valence-corrected chi connectivity index (χ0v) is 16.2. The van der Waals surface area contributed by atoms with Gasteiger partial charge in [-0.1, -0.05) is 6.42 Å². The van der Waals surface area contributed by atoms with Crippen LogP contribution in [0.15, 0.2) is 0 Å². The predicted molar refractivity (Wildman–Crippen MR) is 97.3 cm³/mol. The minimum Gasteiger partial charge on any atom is -0.349 e. The minimum absolute atomic E-state index is 0.0727. The monoisotopic (exact) mass is 353 g/mol. The van der Waals surface area contributed by atoms with Crippen LogP contribution in [0.25, 0.3) is 0 Å². The first-order valence-corrected chi connectivity index (χ1v) is 10.5. The number of rotatable bonds is 4. The smallest absolute Gasteiger partial charge is 0.226 e. The third-order valence-electron chi connectivity index (χ3n) is 7.93. The first-order valence-electron chi connectivity index (χ1n) is 10.1. The van der Waals surface area contributed by atoms with E-state index in [2.05, 4.69) is 19.4 Å². The average molecular weight is 354 g/mol. The number of carbonyl (C=O) groups excluding carboxylic acids is 1. The van der Waals surface area contributed by atoms with E-state index in [1.54, 1.807) is 0 Å². The summed E-state index contributed by atoms with van der Waals surface area (Å²) in [5, 5.41) is 3.43. The molecule has 0 heterocycles. The Kier molecular flexibility index (Phi) is 4.20. The molecule has 5 rings (SSSR count). The second-order valence-electron chi connectivity index (χ2n) is 9.92. The van der Waals surface area contributed by atoms with Gasteiger partial charge in [0, 0.05) is 17.7 Å². The van der Waals surface area contributed by atoms with Crippen LogP contribution in [-0.4, -0.2) is 37.0 Å². The fraction of sp³-hybridized carbons (Fsp3) is 0.950. The summed E-state index contributed by atoms with van der Waals surface area (Å²) in [7, 11) is 4.52. The number of likely N-dealkylation sites (N-methyl/N-ethyl adjacent to an activating group) is 1. The fourth-order valence-electron chi connectivity index (χ4n) is 6.94. The van der Waals surface area contributed by atoms with Crippen LogP contribution in [0, 0.1) is 17.3 Å². The highest BCUT2D eigenvalue weighted by Gasteiger charge is 2.60. The van der Waals surface area contributed by atoms with Crippen LogP contribution in [0.3, 0.4) is 0 Å². The maximum atomic E-state index is 13.3. The topological polar surface area (TPSA) is 33.5 Å². The summed E-state index contributed by atoms with van der Waals surface area (Å²) in [5.74, 6) is 1.71. The van der Waals surface area contributed by atoms with Crippen LogP contribution in [0.1, 0.15) is 70.6 Å². The number of amides is 1. The second kappa shape index (κ2) is 5.87. The number of carbonyl (C=O) groups is 1. The van der Waals surface area contributed by atoms with Crippen molar-refractivity contribution in [2.45, 2.75) is 81.0 Å². The highest BCUT2D eigenvalue weighted by Crippen LogP contribution is 2.63. The van der Waals surface area contributed by atoms with Crippen LogP contribution in [-0.2, 0) is 4.79 Å². The van der Waals surface area contributed by atoms with Gasteiger partial charge in [-0.2, -0.15) is 0 Å². The van der Waals surface area contributed by atoms with Crippen molar-refractivity contribution in [3.63, 3.8) is 0 Å². The Morgan fingerprint density at radius 3 is 2.25 bits per heavy atom. The van der Waals surface area contributed by atoms with Gasteiger partial charge < -0.3 is 10.2 Å². The molecule has 0 aromatic heterocycles. The number of alkyl halides is 1. The van der Waals surface area contributed by atoms with Gasteiger partial charge in [0.05, 0.1) is 26.1 Å². The molecule has 5 saturated carbocycles. The van der Waals surface area contributed by atoms with Gasteiger partial charge >= 0.3 is 0 Å². The molecule has 2 N–H and O–H groups in total. The molecule has 5 fully saturated rings. The molecule has 24 heavy (non-hydrogen) atoms. The van der Waals surface area contributed by atoms with Crippen molar-refractivity contribution in [3.05, 3.63) is 0 Å². The molecule has 136 valence electrons. The number of nitrogens with one attached hydrogen (secondary N) is 2. The molecule has 3 nitrogen and oxygen atoms in total. The lowest BCUT2D eigenvalue weighted by molar-refractivity contribution is -0.916. The van der Waals surface area contributed by atoms with E-state index in [1.807, 2.05) is 0 Å². The van der Waals surface area contributed by atoms with Gasteiger partial charge in [-0.05, 0) is 63.2 Å². The molecule has 4 atom stereocenters. The van der Waals surface area contributed by atoms with Gasteiger partial charge in [0.15, 0.2) is 0 Å². The van der Waals surface area contributed by atoms with E-state index in [9.17, 15) is 4.79 Å². The quantitative estimate of drug-likeness (QED) is 0.748. The summed E-state index contributed by atoms with van der Waals surface area (Å²) >= 11 is 6.91. The van der Waals surface area contributed by atoms with Crippen LogP contribution in [0.5, 0.6) is 0 Å².